The highest BCUT2D eigenvalue weighted by molar-refractivity contribution is 6.29. The summed E-state index contributed by atoms with van der Waals surface area (Å²) in [5.74, 6) is -1.05. The van der Waals surface area contributed by atoms with Crippen molar-refractivity contribution in [2.45, 2.75) is 12.7 Å². The van der Waals surface area contributed by atoms with Gasteiger partial charge in [0.25, 0.3) is 5.91 Å². The van der Waals surface area contributed by atoms with Crippen LogP contribution in [0.25, 0.3) is 5.82 Å². The molecule has 0 bridgehead atoms. The molecule has 0 saturated heterocycles. The predicted molar refractivity (Wildman–Crippen MR) is 86.8 cm³/mol. The Labute approximate surface area is 150 Å². The zero-order valence-corrected chi connectivity index (χ0v) is 13.8. The molecule has 0 atom stereocenters. The van der Waals surface area contributed by atoms with Crippen molar-refractivity contribution in [2.75, 3.05) is 0 Å². The van der Waals surface area contributed by atoms with Gasteiger partial charge in [-0.3, -0.25) is 9.78 Å². The number of nitrogens with zero attached hydrogens (tertiary/aromatic N) is 4. The van der Waals surface area contributed by atoms with Gasteiger partial charge in [-0.05, 0) is 23.8 Å². The lowest BCUT2D eigenvalue weighted by atomic mass is 10.2. The van der Waals surface area contributed by atoms with E-state index >= 15 is 0 Å². The van der Waals surface area contributed by atoms with Crippen molar-refractivity contribution < 1.29 is 18.0 Å². The minimum absolute atomic E-state index is 0.00806. The van der Waals surface area contributed by atoms with Crippen LogP contribution >= 0.6 is 11.6 Å². The monoisotopic (exact) mass is 381 g/mol. The van der Waals surface area contributed by atoms with Crippen LogP contribution in [-0.4, -0.2) is 25.7 Å². The first-order valence-electron chi connectivity index (χ1n) is 7.31. The largest absolute Gasteiger partial charge is 0.434 e. The lowest BCUT2D eigenvalue weighted by Crippen LogP contribution is -2.26. The molecule has 10 heteroatoms. The number of hydrogen-bond acceptors (Lipinski definition) is 4. The standard InChI is InChI=1S/C16H11ClF3N5O/c17-12-4-1-5-13(24-12)25-14(16(18,19)20)11(9-23-25)15(26)22-8-10-3-2-6-21-7-10/h1-7,9H,8H2,(H,22,26). The number of pyridine rings is 2. The maximum absolute atomic E-state index is 13.5. The van der Waals surface area contributed by atoms with E-state index in [-0.39, 0.29) is 17.5 Å². The van der Waals surface area contributed by atoms with Crippen LogP contribution in [0.2, 0.25) is 5.15 Å². The Morgan fingerprint density at radius 1 is 1.19 bits per heavy atom. The number of rotatable bonds is 4. The van der Waals surface area contributed by atoms with E-state index in [1.54, 1.807) is 18.3 Å². The maximum Gasteiger partial charge on any atom is 0.434 e. The topological polar surface area (TPSA) is 72.7 Å². The van der Waals surface area contributed by atoms with Crippen LogP contribution in [0.4, 0.5) is 13.2 Å². The van der Waals surface area contributed by atoms with Crippen LogP contribution in [0.5, 0.6) is 0 Å². The maximum atomic E-state index is 13.5. The van der Waals surface area contributed by atoms with Gasteiger partial charge in [0.1, 0.15) is 5.15 Å². The number of alkyl halides is 3. The molecule has 134 valence electrons. The van der Waals surface area contributed by atoms with Crippen LogP contribution < -0.4 is 5.32 Å². The summed E-state index contributed by atoms with van der Waals surface area (Å²) < 4.78 is 41.2. The molecule has 0 radical (unpaired) electrons. The molecule has 0 fully saturated rings. The smallest absolute Gasteiger partial charge is 0.348 e. The summed E-state index contributed by atoms with van der Waals surface area (Å²) in [5.41, 5.74) is -1.18. The molecule has 0 spiro atoms. The summed E-state index contributed by atoms with van der Waals surface area (Å²) in [6.45, 7) is 0.0323. The van der Waals surface area contributed by atoms with Gasteiger partial charge in [0, 0.05) is 18.9 Å². The van der Waals surface area contributed by atoms with Crippen molar-refractivity contribution in [3.8, 4) is 5.82 Å². The second-order valence-corrected chi connectivity index (χ2v) is 5.57. The fourth-order valence-electron chi connectivity index (χ4n) is 2.26. The molecule has 0 saturated carbocycles. The number of nitrogens with one attached hydrogen (secondary N) is 1. The van der Waals surface area contributed by atoms with Gasteiger partial charge < -0.3 is 5.32 Å². The molecule has 6 nitrogen and oxygen atoms in total. The van der Waals surface area contributed by atoms with Gasteiger partial charge in [-0.1, -0.05) is 23.7 Å². The molecule has 0 aromatic carbocycles. The van der Waals surface area contributed by atoms with E-state index in [0.29, 0.717) is 10.2 Å². The Morgan fingerprint density at radius 2 is 2.00 bits per heavy atom. The van der Waals surface area contributed by atoms with E-state index in [1.165, 1.54) is 24.4 Å². The van der Waals surface area contributed by atoms with Gasteiger partial charge in [-0.2, -0.15) is 18.3 Å². The lowest BCUT2D eigenvalue weighted by molar-refractivity contribution is -0.143. The van der Waals surface area contributed by atoms with Crippen LogP contribution in [-0.2, 0) is 12.7 Å². The molecule has 1 N–H and O–H groups in total. The highest BCUT2D eigenvalue weighted by Crippen LogP contribution is 2.33. The van der Waals surface area contributed by atoms with E-state index in [2.05, 4.69) is 20.4 Å². The first kappa shape index (κ1) is 17.9. The Kier molecular flexibility index (Phi) is 4.90. The predicted octanol–water partition coefficient (Wildman–Crippen LogP) is 3.26. The number of amides is 1. The van der Waals surface area contributed by atoms with Gasteiger partial charge in [0.15, 0.2) is 11.5 Å². The highest BCUT2D eigenvalue weighted by Gasteiger charge is 2.40. The highest BCUT2D eigenvalue weighted by atomic mass is 35.5. The molecular formula is C16H11ClF3N5O. The van der Waals surface area contributed by atoms with Gasteiger partial charge in [-0.25, -0.2) is 9.67 Å². The Morgan fingerprint density at radius 3 is 2.65 bits per heavy atom. The third-order valence-electron chi connectivity index (χ3n) is 3.38. The lowest BCUT2D eigenvalue weighted by Gasteiger charge is -2.12. The second kappa shape index (κ2) is 7.12. The molecule has 0 aliphatic carbocycles. The average Bonchev–Trinajstić information content (AvgIpc) is 3.06. The summed E-state index contributed by atoms with van der Waals surface area (Å²) in [5, 5.41) is 6.11. The molecule has 0 aliphatic rings. The number of carbonyl (C=O) groups is 1. The van der Waals surface area contributed by atoms with Crippen LogP contribution in [0, 0.1) is 0 Å². The summed E-state index contributed by atoms with van der Waals surface area (Å²) in [4.78, 5) is 20.0. The third kappa shape index (κ3) is 3.83. The molecule has 1 amide bonds. The second-order valence-electron chi connectivity index (χ2n) is 5.18. The van der Waals surface area contributed by atoms with Crippen molar-refractivity contribution in [2.24, 2.45) is 0 Å². The first-order valence-corrected chi connectivity index (χ1v) is 7.69. The van der Waals surface area contributed by atoms with Gasteiger partial charge in [-0.15, -0.1) is 0 Å². The van der Waals surface area contributed by atoms with Crippen molar-refractivity contribution in [3.05, 3.63) is 70.9 Å². The van der Waals surface area contributed by atoms with Gasteiger partial charge in [0.05, 0.1) is 11.8 Å². The Hall–Kier alpha value is -2.94. The minimum Gasteiger partial charge on any atom is -0.348 e. The summed E-state index contributed by atoms with van der Waals surface area (Å²) in [6.07, 6.45) is -0.912. The van der Waals surface area contributed by atoms with E-state index in [4.69, 9.17) is 11.6 Å². The summed E-state index contributed by atoms with van der Waals surface area (Å²) in [6, 6.07) is 7.52. The zero-order chi connectivity index (χ0) is 18.7. The van der Waals surface area contributed by atoms with Crippen molar-refractivity contribution >= 4 is 17.5 Å². The zero-order valence-electron chi connectivity index (χ0n) is 13.0. The van der Waals surface area contributed by atoms with Crippen molar-refractivity contribution in [1.82, 2.24) is 25.1 Å². The van der Waals surface area contributed by atoms with Crippen LogP contribution in [0.1, 0.15) is 21.6 Å². The van der Waals surface area contributed by atoms with Crippen molar-refractivity contribution in [1.29, 1.82) is 0 Å². The quantitative estimate of drug-likeness (QED) is 0.704. The first-order chi connectivity index (χ1) is 12.4. The van der Waals surface area contributed by atoms with Crippen molar-refractivity contribution in [3.63, 3.8) is 0 Å². The number of aromatic nitrogens is 4. The SMILES string of the molecule is O=C(NCc1cccnc1)c1cnn(-c2cccc(Cl)n2)c1C(F)(F)F. The fraction of sp³-hybridized carbons (Fsp3) is 0.125. The average molecular weight is 382 g/mol. The molecule has 0 unspecified atom stereocenters. The molecule has 3 aromatic rings. The third-order valence-corrected chi connectivity index (χ3v) is 3.59. The van der Waals surface area contributed by atoms with Gasteiger partial charge >= 0.3 is 6.18 Å². The summed E-state index contributed by atoms with van der Waals surface area (Å²) >= 11 is 5.73. The van der Waals surface area contributed by atoms with E-state index in [1.807, 2.05) is 0 Å². The summed E-state index contributed by atoms with van der Waals surface area (Å²) in [7, 11) is 0. The molecular weight excluding hydrogens is 371 g/mol. The normalized spacial score (nSPS) is 11.4. The molecule has 3 aromatic heterocycles. The fourth-order valence-corrected chi connectivity index (χ4v) is 2.42. The number of hydrogen-bond donors (Lipinski definition) is 1. The molecule has 0 aliphatic heterocycles. The van der Waals surface area contributed by atoms with Crippen LogP contribution in [0.3, 0.4) is 0 Å². The molecule has 3 heterocycles. The number of halogens is 4. The van der Waals surface area contributed by atoms with E-state index < -0.39 is 23.3 Å². The van der Waals surface area contributed by atoms with Crippen LogP contribution in [0.15, 0.2) is 48.9 Å². The Balaban J connectivity index is 1.93. The van der Waals surface area contributed by atoms with Gasteiger partial charge in [0.2, 0.25) is 0 Å². The molecule has 3 rings (SSSR count). The number of carbonyl (C=O) groups excluding carboxylic acids is 1. The minimum atomic E-state index is -4.82. The van der Waals surface area contributed by atoms with E-state index in [9.17, 15) is 18.0 Å². The van der Waals surface area contributed by atoms with E-state index in [0.717, 1.165) is 6.20 Å². The molecule has 26 heavy (non-hydrogen) atoms. The Bertz CT molecular complexity index is 927.